The Balaban J connectivity index is 2.81. The normalized spacial score (nSPS) is 11.7. The van der Waals surface area contributed by atoms with Gasteiger partial charge in [-0.2, -0.15) is 10.2 Å². The molecule has 0 saturated carbocycles. The average Bonchev–Trinajstić information content (AvgIpc) is 2.58. The summed E-state index contributed by atoms with van der Waals surface area (Å²) in [6.45, 7) is 9.32. The minimum absolute atomic E-state index is 0.506. The van der Waals surface area contributed by atoms with E-state index in [9.17, 15) is 0 Å². The molecule has 0 fully saturated rings. The van der Waals surface area contributed by atoms with E-state index in [-0.39, 0.29) is 0 Å². The van der Waals surface area contributed by atoms with E-state index in [2.05, 4.69) is 31.7 Å². The number of nitrogens with zero attached hydrogens (tertiary/aromatic N) is 2. The van der Waals surface area contributed by atoms with Crippen molar-refractivity contribution in [3.63, 3.8) is 0 Å². The molecule has 0 heterocycles. The van der Waals surface area contributed by atoms with E-state index >= 15 is 0 Å². The first-order valence-corrected chi connectivity index (χ1v) is 8.56. The molecule has 0 saturated heterocycles. The van der Waals surface area contributed by atoms with Crippen molar-refractivity contribution in [2.45, 2.75) is 27.7 Å². The summed E-state index contributed by atoms with van der Waals surface area (Å²) < 4.78 is 0. The molecular weight excluding hydrogens is 340 g/mol. The van der Waals surface area contributed by atoms with Gasteiger partial charge in [-0.3, -0.25) is 10.9 Å². The standard InChI is InChI=1S/C16H24N6S2/c1-5-17-15(23)21-19-11(3)13-8-7-9-14(10-13)12(4)20-22-16(24)18-6-2/h7-10H,5-6H2,1-4H3,(H2,17,21,23)(H2,18,22,24)/b19-11-,20-12+. The van der Waals surface area contributed by atoms with E-state index in [0.717, 1.165) is 35.6 Å². The van der Waals surface area contributed by atoms with Crippen LogP contribution in [0.5, 0.6) is 0 Å². The molecule has 1 rings (SSSR count). The Morgan fingerprint density at radius 1 is 0.875 bits per heavy atom. The van der Waals surface area contributed by atoms with E-state index in [0.29, 0.717) is 10.2 Å². The highest BCUT2D eigenvalue weighted by molar-refractivity contribution is 7.80. The number of hydrazone groups is 2. The van der Waals surface area contributed by atoms with Crippen molar-refractivity contribution in [2.24, 2.45) is 10.2 Å². The lowest BCUT2D eigenvalue weighted by atomic mass is 10.1. The van der Waals surface area contributed by atoms with Crippen LogP contribution in [0.1, 0.15) is 38.8 Å². The van der Waals surface area contributed by atoms with Gasteiger partial charge in [-0.1, -0.05) is 18.2 Å². The van der Waals surface area contributed by atoms with Gasteiger partial charge in [-0.25, -0.2) is 0 Å². The molecule has 0 bridgehead atoms. The fraction of sp³-hybridized carbons (Fsp3) is 0.375. The summed E-state index contributed by atoms with van der Waals surface area (Å²) in [7, 11) is 0. The summed E-state index contributed by atoms with van der Waals surface area (Å²) in [6.07, 6.45) is 0. The lowest BCUT2D eigenvalue weighted by Gasteiger charge is -2.08. The van der Waals surface area contributed by atoms with Gasteiger partial charge in [-0.15, -0.1) is 0 Å². The first-order valence-electron chi connectivity index (χ1n) is 7.75. The van der Waals surface area contributed by atoms with Crippen LogP contribution in [0, 0.1) is 0 Å². The third kappa shape index (κ3) is 7.01. The smallest absolute Gasteiger partial charge is 0.186 e. The Labute approximate surface area is 154 Å². The molecule has 1 aromatic carbocycles. The fourth-order valence-corrected chi connectivity index (χ4v) is 2.15. The summed E-state index contributed by atoms with van der Waals surface area (Å²) in [5.41, 5.74) is 9.30. The van der Waals surface area contributed by atoms with Crippen LogP contribution in [-0.4, -0.2) is 34.7 Å². The summed E-state index contributed by atoms with van der Waals surface area (Å²) in [5, 5.41) is 15.6. The van der Waals surface area contributed by atoms with Gasteiger partial charge in [0.25, 0.3) is 0 Å². The molecule has 8 heteroatoms. The first kappa shape index (κ1) is 20.0. The van der Waals surface area contributed by atoms with Gasteiger partial charge in [0.1, 0.15) is 0 Å². The summed E-state index contributed by atoms with van der Waals surface area (Å²) in [5.74, 6) is 0. The molecule has 130 valence electrons. The van der Waals surface area contributed by atoms with Crippen molar-refractivity contribution in [1.29, 1.82) is 0 Å². The van der Waals surface area contributed by atoms with Crippen molar-refractivity contribution >= 4 is 46.1 Å². The van der Waals surface area contributed by atoms with Crippen LogP contribution in [0.2, 0.25) is 0 Å². The predicted octanol–water partition coefficient (Wildman–Crippen LogP) is 2.10. The molecule has 0 unspecified atom stereocenters. The Kier molecular flexibility index (Phi) is 8.88. The van der Waals surface area contributed by atoms with Crippen LogP contribution in [-0.2, 0) is 0 Å². The lowest BCUT2D eigenvalue weighted by molar-refractivity contribution is 0.900. The molecule has 6 nitrogen and oxygen atoms in total. The fourth-order valence-electron chi connectivity index (χ4n) is 1.77. The minimum atomic E-state index is 0.506. The van der Waals surface area contributed by atoms with Crippen molar-refractivity contribution < 1.29 is 0 Å². The SMILES string of the molecule is CCNC(=S)N/N=C(/C)c1cccc(/C(C)=N/NC(=S)NCC)c1. The molecule has 0 amide bonds. The molecule has 0 radical (unpaired) electrons. The van der Waals surface area contributed by atoms with Crippen LogP contribution in [0.3, 0.4) is 0 Å². The zero-order chi connectivity index (χ0) is 17.9. The number of hydrogen-bond donors (Lipinski definition) is 4. The molecule has 0 aliphatic carbocycles. The maximum absolute atomic E-state index is 5.09. The molecule has 0 aromatic heterocycles. The summed E-state index contributed by atoms with van der Waals surface area (Å²) >= 11 is 10.2. The summed E-state index contributed by atoms with van der Waals surface area (Å²) in [6, 6.07) is 7.97. The van der Waals surface area contributed by atoms with Gasteiger partial charge in [0.2, 0.25) is 0 Å². The Morgan fingerprint density at radius 3 is 1.67 bits per heavy atom. The van der Waals surface area contributed by atoms with Gasteiger partial charge in [0, 0.05) is 13.1 Å². The van der Waals surface area contributed by atoms with E-state index in [4.69, 9.17) is 24.4 Å². The minimum Gasteiger partial charge on any atom is -0.362 e. The zero-order valence-electron chi connectivity index (χ0n) is 14.4. The van der Waals surface area contributed by atoms with Gasteiger partial charge in [0.15, 0.2) is 10.2 Å². The van der Waals surface area contributed by atoms with Crippen molar-refractivity contribution in [2.75, 3.05) is 13.1 Å². The zero-order valence-corrected chi connectivity index (χ0v) is 16.1. The number of thiocarbonyl (C=S) groups is 2. The predicted molar refractivity (Wildman–Crippen MR) is 110 cm³/mol. The van der Waals surface area contributed by atoms with E-state index in [1.54, 1.807) is 0 Å². The van der Waals surface area contributed by atoms with Gasteiger partial charge >= 0.3 is 0 Å². The van der Waals surface area contributed by atoms with Crippen LogP contribution < -0.4 is 21.5 Å². The highest BCUT2D eigenvalue weighted by Gasteiger charge is 2.03. The third-order valence-electron chi connectivity index (χ3n) is 3.02. The van der Waals surface area contributed by atoms with Crippen LogP contribution in [0.25, 0.3) is 0 Å². The second-order valence-electron chi connectivity index (χ2n) is 4.92. The highest BCUT2D eigenvalue weighted by atomic mass is 32.1. The van der Waals surface area contributed by atoms with Gasteiger partial charge in [-0.05, 0) is 69.3 Å². The molecule has 1 aromatic rings. The van der Waals surface area contributed by atoms with Gasteiger partial charge < -0.3 is 10.6 Å². The van der Waals surface area contributed by atoms with Crippen molar-refractivity contribution in [3.05, 3.63) is 35.4 Å². The van der Waals surface area contributed by atoms with E-state index < -0.39 is 0 Å². The van der Waals surface area contributed by atoms with Gasteiger partial charge in [0.05, 0.1) is 11.4 Å². The maximum Gasteiger partial charge on any atom is 0.186 e. The van der Waals surface area contributed by atoms with E-state index in [1.807, 2.05) is 52.0 Å². The second-order valence-corrected chi connectivity index (χ2v) is 5.73. The first-order chi connectivity index (χ1) is 11.5. The topological polar surface area (TPSA) is 72.8 Å². The molecule has 0 aliphatic rings. The van der Waals surface area contributed by atoms with Crippen molar-refractivity contribution in [1.82, 2.24) is 21.5 Å². The summed E-state index contributed by atoms with van der Waals surface area (Å²) in [4.78, 5) is 0. The monoisotopic (exact) mass is 364 g/mol. The van der Waals surface area contributed by atoms with Crippen LogP contribution in [0.4, 0.5) is 0 Å². The Hall–Kier alpha value is -2.06. The quantitative estimate of drug-likeness (QED) is 0.352. The number of nitrogens with one attached hydrogen (secondary N) is 4. The maximum atomic E-state index is 5.09. The largest absolute Gasteiger partial charge is 0.362 e. The highest BCUT2D eigenvalue weighted by Crippen LogP contribution is 2.08. The molecule has 24 heavy (non-hydrogen) atoms. The Bertz CT molecular complexity index is 588. The van der Waals surface area contributed by atoms with Crippen LogP contribution >= 0.6 is 24.4 Å². The molecular formula is C16H24N6S2. The van der Waals surface area contributed by atoms with Crippen LogP contribution in [0.15, 0.2) is 34.5 Å². The molecule has 0 atom stereocenters. The molecule has 4 N–H and O–H groups in total. The number of rotatable bonds is 6. The Morgan fingerprint density at radius 2 is 1.29 bits per heavy atom. The average molecular weight is 365 g/mol. The van der Waals surface area contributed by atoms with E-state index in [1.165, 1.54) is 0 Å². The molecule has 0 spiro atoms. The third-order valence-corrected chi connectivity index (χ3v) is 3.49. The number of benzene rings is 1. The number of hydrogen-bond acceptors (Lipinski definition) is 4. The second kappa shape index (κ2) is 10.7. The lowest BCUT2D eigenvalue weighted by Crippen LogP contribution is -2.32. The molecule has 0 aliphatic heterocycles. The van der Waals surface area contributed by atoms with Crippen molar-refractivity contribution in [3.8, 4) is 0 Å².